The molecule has 2 aromatic carbocycles. The molecule has 18 heteroatoms. The van der Waals surface area contributed by atoms with Crippen molar-refractivity contribution in [1.29, 1.82) is 0 Å². The summed E-state index contributed by atoms with van der Waals surface area (Å²) in [4.78, 5) is 59.5. The van der Waals surface area contributed by atoms with Gasteiger partial charge in [0.25, 0.3) is 23.6 Å². The Bertz CT molecular complexity index is 2130. The summed E-state index contributed by atoms with van der Waals surface area (Å²) in [6, 6.07) is 17.4. The molecule has 14 nitrogen and oxygen atoms in total. The van der Waals surface area contributed by atoms with Gasteiger partial charge in [-0.2, -0.15) is 0 Å². The summed E-state index contributed by atoms with van der Waals surface area (Å²) >= 11 is 13.3. The van der Waals surface area contributed by atoms with Crippen molar-refractivity contribution in [3.8, 4) is 23.0 Å². The topological polar surface area (TPSA) is 144 Å². The Morgan fingerprint density at radius 3 is 1.43 bits per heavy atom. The van der Waals surface area contributed by atoms with E-state index in [1.54, 1.807) is 95.1 Å². The number of rotatable bonds is 14. The van der Waals surface area contributed by atoms with Crippen LogP contribution < -0.4 is 18.9 Å². The third kappa shape index (κ3) is 9.41. The summed E-state index contributed by atoms with van der Waals surface area (Å²) in [7, 11) is 2.99. The van der Waals surface area contributed by atoms with Crippen molar-refractivity contribution in [2.45, 2.75) is 13.1 Å². The lowest BCUT2D eigenvalue weighted by Gasteiger charge is -2.34. The molecule has 2 aromatic heterocycles. The first-order valence-corrected chi connectivity index (χ1v) is 20.3. The number of ether oxygens (including phenoxy) is 4. The predicted molar refractivity (Wildman–Crippen MR) is 225 cm³/mol. The van der Waals surface area contributed by atoms with E-state index in [9.17, 15) is 19.2 Å². The van der Waals surface area contributed by atoms with Gasteiger partial charge in [-0.25, -0.2) is 0 Å². The number of furan rings is 2. The van der Waals surface area contributed by atoms with E-state index in [0.29, 0.717) is 90.3 Å². The SMILES string of the molecule is COc1cc(/C=C2\SC(=S)N(Cc3ccco3)C2=O)ccc1OCC(=O)N1CCN(C(=O)COc2ccc(/C=C3\SC(=S)N(Cc4ccco4)C3=O)cc2OC)CC1. The highest BCUT2D eigenvalue weighted by molar-refractivity contribution is 8.27. The molecule has 4 aromatic rings. The highest BCUT2D eigenvalue weighted by atomic mass is 32.2. The largest absolute Gasteiger partial charge is 0.493 e. The van der Waals surface area contributed by atoms with E-state index in [1.807, 2.05) is 0 Å². The molecule has 3 aliphatic rings. The highest BCUT2D eigenvalue weighted by Crippen LogP contribution is 2.37. The maximum Gasteiger partial charge on any atom is 0.266 e. The van der Waals surface area contributed by atoms with Crippen LogP contribution in [-0.4, -0.2) is 105 Å². The van der Waals surface area contributed by atoms with Crippen LogP contribution in [0.3, 0.4) is 0 Å². The number of amides is 4. The number of hydrogen-bond acceptors (Lipinski definition) is 14. The number of benzene rings is 2. The van der Waals surface area contributed by atoms with Crippen LogP contribution in [-0.2, 0) is 32.3 Å². The van der Waals surface area contributed by atoms with Gasteiger partial charge in [0.2, 0.25) is 0 Å². The lowest BCUT2D eigenvalue weighted by atomic mass is 10.2. The van der Waals surface area contributed by atoms with E-state index < -0.39 is 0 Å². The van der Waals surface area contributed by atoms with Crippen molar-refractivity contribution in [1.82, 2.24) is 19.6 Å². The molecule has 0 radical (unpaired) electrons. The smallest absolute Gasteiger partial charge is 0.266 e. The molecule has 0 bridgehead atoms. The van der Waals surface area contributed by atoms with Crippen LogP contribution in [0.1, 0.15) is 22.6 Å². The molecule has 0 unspecified atom stereocenters. The van der Waals surface area contributed by atoms with Crippen molar-refractivity contribution >= 4 is 92.4 Å². The molecule has 7 rings (SSSR count). The van der Waals surface area contributed by atoms with Crippen molar-refractivity contribution in [3.05, 3.63) is 106 Å². The normalized spacial score (nSPS) is 17.2. The molecule has 0 atom stereocenters. The van der Waals surface area contributed by atoms with E-state index in [-0.39, 0.29) is 49.9 Å². The van der Waals surface area contributed by atoms with Crippen LogP contribution in [0.4, 0.5) is 0 Å². The zero-order valence-electron chi connectivity index (χ0n) is 31.2. The molecule has 0 spiro atoms. The zero-order valence-corrected chi connectivity index (χ0v) is 34.5. The van der Waals surface area contributed by atoms with Gasteiger partial charge in [0.1, 0.15) is 20.2 Å². The molecule has 0 saturated carbocycles. The average Bonchev–Trinajstić information content (AvgIpc) is 4.05. The summed E-state index contributed by atoms with van der Waals surface area (Å²) < 4.78 is 34.4. The lowest BCUT2D eigenvalue weighted by molar-refractivity contribution is -0.141. The summed E-state index contributed by atoms with van der Waals surface area (Å²) in [5.74, 6) is 1.88. The molecular weight excluding hydrogens is 825 g/mol. The number of carbonyl (C=O) groups excluding carboxylic acids is 4. The Balaban J connectivity index is 0.869. The van der Waals surface area contributed by atoms with Crippen LogP contribution in [0.15, 0.2) is 91.8 Å². The Kier molecular flexibility index (Phi) is 12.9. The predicted octanol–water partition coefficient (Wildman–Crippen LogP) is 5.82. The zero-order chi connectivity index (χ0) is 40.8. The molecular formula is C40H36N4O10S4. The first kappa shape index (κ1) is 40.6. The quantitative estimate of drug-likeness (QED) is 0.111. The maximum atomic E-state index is 13.1. The second-order valence-electron chi connectivity index (χ2n) is 12.9. The molecule has 0 aliphatic carbocycles. The molecule has 3 fully saturated rings. The lowest BCUT2D eigenvalue weighted by Crippen LogP contribution is -2.52. The molecule has 3 aliphatic heterocycles. The third-order valence-electron chi connectivity index (χ3n) is 9.19. The molecule has 5 heterocycles. The van der Waals surface area contributed by atoms with Crippen LogP contribution in [0.5, 0.6) is 23.0 Å². The number of thiocarbonyl (C=S) groups is 2. The van der Waals surface area contributed by atoms with Gasteiger partial charge >= 0.3 is 0 Å². The summed E-state index contributed by atoms with van der Waals surface area (Å²) in [6.07, 6.45) is 6.55. The fraction of sp³-hybridized carbons (Fsp3) is 0.250. The van der Waals surface area contributed by atoms with E-state index in [0.717, 1.165) is 0 Å². The van der Waals surface area contributed by atoms with E-state index in [1.165, 1.54) is 47.5 Å². The molecule has 300 valence electrons. The number of methoxy groups -OCH3 is 2. The molecule has 0 N–H and O–H groups in total. The number of thioether (sulfide) groups is 2. The Morgan fingerprint density at radius 2 is 1.07 bits per heavy atom. The second kappa shape index (κ2) is 18.4. The second-order valence-corrected chi connectivity index (χ2v) is 16.2. The fourth-order valence-corrected chi connectivity index (χ4v) is 8.66. The van der Waals surface area contributed by atoms with Crippen LogP contribution >= 0.6 is 48.0 Å². The van der Waals surface area contributed by atoms with Crippen LogP contribution in [0.2, 0.25) is 0 Å². The molecule has 3 saturated heterocycles. The number of nitrogens with zero attached hydrogens (tertiary/aromatic N) is 4. The van der Waals surface area contributed by atoms with Gasteiger partial charge in [0.05, 0.1) is 49.6 Å². The number of hydrogen-bond donors (Lipinski definition) is 0. The van der Waals surface area contributed by atoms with Gasteiger partial charge in [-0.05, 0) is 71.8 Å². The minimum Gasteiger partial charge on any atom is -0.493 e. The average molecular weight is 861 g/mol. The van der Waals surface area contributed by atoms with Crippen molar-refractivity contribution in [2.75, 3.05) is 53.6 Å². The maximum absolute atomic E-state index is 13.1. The van der Waals surface area contributed by atoms with Gasteiger partial charge in [-0.15, -0.1) is 0 Å². The summed E-state index contributed by atoms with van der Waals surface area (Å²) in [5.41, 5.74) is 1.39. The monoisotopic (exact) mass is 860 g/mol. The number of carbonyl (C=O) groups is 4. The van der Waals surface area contributed by atoms with E-state index in [2.05, 4.69) is 0 Å². The van der Waals surface area contributed by atoms with Gasteiger partial charge in [0.15, 0.2) is 36.2 Å². The Labute approximate surface area is 352 Å². The summed E-state index contributed by atoms with van der Waals surface area (Å²) in [6.45, 7) is 1.35. The first-order valence-electron chi connectivity index (χ1n) is 17.8. The van der Waals surface area contributed by atoms with Crippen LogP contribution in [0, 0.1) is 0 Å². The minimum absolute atomic E-state index is 0.217. The van der Waals surface area contributed by atoms with Gasteiger partial charge < -0.3 is 37.6 Å². The first-order chi connectivity index (χ1) is 28.1. The highest BCUT2D eigenvalue weighted by Gasteiger charge is 2.34. The minimum atomic E-state index is -0.237. The Hall–Kier alpha value is -5.56. The van der Waals surface area contributed by atoms with Gasteiger partial charge in [-0.1, -0.05) is 60.1 Å². The summed E-state index contributed by atoms with van der Waals surface area (Å²) in [5, 5.41) is 0. The van der Waals surface area contributed by atoms with E-state index >= 15 is 0 Å². The van der Waals surface area contributed by atoms with Gasteiger partial charge in [-0.3, -0.25) is 29.0 Å². The van der Waals surface area contributed by atoms with Crippen molar-refractivity contribution in [3.63, 3.8) is 0 Å². The molecule has 58 heavy (non-hydrogen) atoms. The van der Waals surface area contributed by atoms with Crippen LogP contribution in [0.25, 0.3) is 12.2 Å². The Morgan fingerprint density at radius 1 is 0.655 bits per heavy atom. The molecule has 4 amide bonds. The third-order valence-corrected chi connectivity index (χ3v) is 11.9. The fourth-order valence-electron chi connectivity index (χ4n) is 6.15. The van der Waals surface area contributed by atoms with Crippen molar-refractivity contribution < 1.29 is 47.0 Å². The standard InChI is InChI=1S/C40H36N4O10S4/c1-49-31-17-25(19-33-37(47)43(39(55)57-33)21-27-5-3-15-51-27)7-9-29(31)53-23-35(45)41-11-13-42(14-12-41)36(46)24-54-30-10-8-26(18-32(30)50-2)20-34-38(48)44(40(56)58-34)22-28-6-4-16-52-28/h3-10,15-20H,11-14,21-24H2,1-2H3/b33-19-,34-20-. The van der Waals surface area contributed by atoms with Gasteiger partial charge in [0, 0.05) is 26.2 Å². The van der Waals surface area contributed by atoms with E-state index in [4.69, 9.17) is 52.2 Å². The number of piperazine rings is 1. The van der Waals surface area contributed by atoms with Crippen molar-refractivity contribution in [2.24, 2.45) is 0 Å².